The van der Waals surface area contributed by atoms with E-state index in [2.05, 4.69) is 27.8 Å². The monoisotopic (exact) mass is 292 g/mol. The zero-order valence-corrected chi connectivity index (χ0v) is 12.6. The molecular weight excluding hydrogens is 272 g/mol. The number of nitriles is 1. The Bertz CT molecular complexity index is 709. The van der Waals surface area contributed by atoms with E-state index in [1.807, 2.05) is 30.3 Å². The Morgan fingerprint density at radius 2 is 2.14 bits per heavy atom. The molecule has 0 amide bonds. The Balaban J connectivity index is 1.82. The van der Waals surface area contributed by atoms with Crippen LogP contribution in [-0.4, -0.2) is 35.6 Å². The van der Waals surface area contributed by atoms with Crippen LogP contribution >= 0.6 is 0 Å². The van der Waals surface area contributed by atoms with Gasteiger partial charge in [-0.2, -0.15) is 5.26 Å². The van der Waals surface area contributed by atoms with Crippen LogP contribution in [0, 0.1) is 11.3 Å². The lowest BCUT2D eigenvalue weighted by Gasteiger charge is -2.32. The van der Waals surface area contributed by atoms with Crippen molar-refractivity contribution in [3.05, 3.63) is 48.7 Å². The van der Waals surface area contributed by atoms with Crippen molar-refractivity contribution in [1.82, 2.24) is 9.88 Å². The summed E-state index contributed by atoms with van der Waals surface area (Å²) in [4.78, 5) is 6.76. The summed E-state index contributed by atoms with van der Waals surface area (Å²) in [5.74, 6) is 0. The van der Waals surface area contributed by atoms with Crippen molar-refractivity contribution in [2.75, 3.05) is 25.0 Å². The minimum atomic E-state index is 0.402. The Labute approximate surface area is 131 Å². The molecule has 2 aromatic rings. The van der Waals surface area contributed by atoms with Gasteiger partial charge >= 0.3 is 0 Å². The quantitative estimate of drug-likeness (QED) is 0.879. The molecule has 1 aliphatic heterocycles. The summed E-state index contributed by atoms with van der Waals surface area (Å²) in [6.07, 6.45) is 5.78. The van der Waals surface area contributed by atoms with Crippen molar-refractivity contribution in [2.45, 2.75) is 18.9 Å². The second kappa shape index (κ2) is 6.59. The van der Waals surface area contributed by atoms with E-state index in [1.165, 1.54) is 0 Å². The summed E-state index contributed by atoms with van der Waals surface area (Å²) in [6, 6.07) is 10.6. The minimum Gasteiger partial charge on any atom is -0.381 e. The molecule has 3 rings (SSSR count). The molecule has 4 heteroatoms. The number of para-hydroxylation sites is 1. The van der Waals surface area contributed by atoms with Crippen molar-refractivity contribution >= 4 is 16.6 Å². The van der Waals surface area contributed by atoms with Gasteiger partial charge in [-0.1, -0.05) is 24.3 Å². The van der Waals surface area contributed by atoms with Crippen molar-refractivity contribution in [3.63, 3.8) is 0 Å². The normalized spacial score (nSPS) is 16.3. The number of rotatable bonds is 4. The van der Waals surface area contributed by atoms with Crippen LogP contribution in [0.4, 0.5) is 5.69 Å². The van der Waals surface area contributed by atoms with Crippen molar-refractivity contribution in [2.24, 2.45) is 0 Å². The fourth-order valence-corrected chi connectivity index (χ4v) is 3.03. The molecule has 0 saturated carbocycles. The molecular formula is C18H20N4. The smallest absolute Gasteiger partial charge is 0.103 e. The average Bonchev–Trinajstić information content (AvgIpc) is 2.57. The summed E-state index contributed by atoms with van der Waals surface area (Å²) < 4.78 is 0. The van der Waals surface area contributed by atoms with E-state index in [4.69, 9.17) is 0 Å². The molecule has 2 heterocycles. The van der Waals surface area contributed by atoms with Gasteiger partial charge in [0.25, 0.3) is 0 Å². The van der Waals surface area contributed by atoms with Crippen molar-refractivity contribution in [1.29, 1.82) is 5.26 Å². The van der Waals surface area contributed by atoms with Crippen LogP contribution in [0.3, 0.4) is 0 Å². The van der Waals surface area contributed by atoms with Crippen LogP contribution in [-0.2, 0) is 0 Å². The Hall–Kier alpha value is -2.38. The maximum absolute atomic E-state index is 9.37. The van der Waals surface area contributed by atoms with E-state index < -0.39 is 0 Å². The first-order valence-electron chi connectivity index (χ1n) is 7.69. The van der Waals surface area contributed by atoms with Crippen LogP contribution < -0.4 is 5.32 Å². The predicted molar refractivity (Wildman–Crippen MR) is 89.7 cm³/mol. The molecule has 1 saturated heterocycles. The molecule has 112 valence electrons. The molecule has 1 aliphatic rings. The van der Waals surface area contributed by atoms with Gasteiger partial charge in [0.05, 0.1) is 16.8 Å². The molecule has 0 aliphatic carbocycles. The summed E-state index contributed by atoms with van der Waals surface area (Å²) in [5, 5.41) is 14.0. The lowest BCUT2D eigenvalue weighted by atomic mass is 10.0. The molecule has 22 heavy (non-hydrogen) atoms. The third-order valence-electron chi connectivity index (χ3n) is 4.22. The SMILES string of the molecule is C=CCN1CCC(Nc2c(C#N)cnc3ccccc23)CC1. The summed E-state index contributed by atoms with van der Waals surface area (Å²) >= 11 is 0. The maximum Gasteiger partial charge on any atom is 0.103 e. The first-order valence-corrected chi connectivity index (χ1v) is 7.69. The number of hydrogen-bond donors (Lipinski definition) is 1. The number of anilines is 1. The van der Waals surface area contributed by atoms with Gasteiger partial charge in [-0.25, -0.2) is 0 Å². The van der Waals surface area contributed by atoms with Gasteiger partial charge < -0.3 is 5.32 Å². The first-order chi connectivity index (χ1) is 10.8. The van der Waals surface area contributed by atoms with Gasteiger partial charge in [0, 0.05) is 37.3 Å². The van der Waals surface area contributed by atoms with Gasteiger partial charge in [-0.05, 0) is 18.9 Å². The van der Waals surface area contributed by atoms with Gasteiger partial charge in [-0.15, -0.1) is 6.58 Å². The van der Waals surface area contributed by atoms with E-state index in [9.17, 15) is 5.26 Å². The number of hydrogen-bond acceptors (Lipinski definition) is 4. The van der Waals surface area contributed by atoms with Crippen molar-refractivity contribution < 1.29 is 0 Å². The second-order valence-corrected chi connectivity index (χ2v) is 5.68. The van der Waals surface area contributed by atoms with Crippen LogP contribution in [0.5, 0.6) is 0 Å². The number of fused-ring (bicyclic) bond motifs is 1. The fourth-order valence-electron chi connectivity index (χ4n) is 3.03. The molecule has 0 radical (unpaired) electrons. The Morgan fingerprint density at radius 1 is 1.36 bits per heavy atom. The van der Waals surface area contributed by atoms with E-state index >= 15 is 0 Å². The number of benzene rings is 1. The molecule has 0 spiro atoms. The highest BCUT2D eigenvalue weighted by atomic mass is 15.1. The van der Waals surface area contributed by atoms with Gasteiger partial charge in [0.15, 0.2) is 0 Å². The molecule has 0 atom stereocenters. The van der Waals surface area contributed by atoms with Gasteiger partial charge in [-0.3, -0.25) is 9.88 Å². The van der Waals surface area contributed by atoms with E-state index in [1.54, 1.807) is 6.20 Å². The lowest BCUT2D eigenvalue weighted by molar-refractivity contribution is 0.240. The highest BCUT2D eigenvalue weighted by Gasteiger charge is 2.20. The third kappa shape index (κ3) is 2.95. The number of pyridine rings is 1. The maximum atomic E-state index is 9.37. The third-order valence-corrected chi connectivity index (χ3v) is 4.22. The number of nitrogens with one attached hydrogen (secondary N) is 1. The van der Waals surface area contributed by atoms with E-state index in [0.29, 0.717) is 11.6 Å². The average molecular weight is 292 g/mol. The van der Waals surface area contributed by atoms with E-state index in [-0.39, 0.29) is 0 Å². The summed E-state index contributed by atoms with van der Waals surface area (Å²) in [6.45, 7) is 6.88. The molecule has 0 unspecified atom stereocenters. The summed E-state index contributed by atoms with van der Waals surface area (Å²) in [7, 11) is 0. The number of piperidine rings is 1. The Kier molecular flexibility index (Phi) is 4.36. The van der Waals surface area contributed by atoms with Crippen LogP contribution in [0.15, 0.2) is 43.1 Å². The highest BCUT2D eigenvalue weighted by Crippen LogP contribution is 2.27. The van der Waals surface area contributed by atoms with Gasteiger partial charge in [0.2, 0.25) is 0 Å². The minimum absolute atomic E-state index is 0.402. The zero-order valence-electron chi connectivity index (χ0n) is 12.6. The number of nitrogens with zero attached hydrogens (tertiary/aromatic N) is 3. The summed E-state index contributed by atoms with van der Waals surface area (Å²) in [5.41, 5.74) is 2.47. The lowest BCUT2D eigenvalue weighted by Crippen LogP contribution is -2.39. The largest absolute Gasteiger partial charge is 0.381 e. The van der Waals surface area contributed by atoms with E-state index in [0.717, 1.165) is 49.1 Å². The topological polar surface area (TPSA) is 52.0 Å². The fraction of sp³-hybridized carbons (Fsp3) is 0.333. The molecule has 4 nitrogen and oxygen atoms in total. The Morgan fingerprint density at radius 3 is 2.86 bits per heavy atom. The second-order valence-electron chi connectivity index (χ2n) is 5.68. The molecule has 1 N–H and O–H groups in total. The molecule has 1 fully saturated rings. The van der Waals surface area contributed by atoms with Gasteiger partial charge in [0.1, 0.15) is 6.07 Å². The van der Waals surface area contributed by atoms with Crippen LogP contribution in [0.1, 0.15) is 18.4 Å². The molecule has 0 bridgehead atoms. The molecule has 1 aromatic heterocycles. The number of likely N-dealkylation sites (tertiary alicyclic amines) is 1. The standard InChI is InChI=1S/C18H20N4/c1-2-9-22-10-7-15(8-11-22)21-18-14(12-19)13-20-17-6-4-3-5-16(17)18/h2-6,13,15H,1,7-11H2,(H,20,21). The zero-order chi connectivity index (χ0) is 15.4. The first kappa shape index (κ1) is 14.6. The highest BCUT2D eigenvalue weighted by molar-refractivity contribution is 5.93. The van der Waals surface area contributed by atoms with Crippen LogP contribution in [0.25, 0.3) is 10.9 Å². The van der Waals surface area contributed by atoms with Crippen LogP contribution in [0.2, 0.25) is 0 Å². The predicted octanol–water partition coefficient (Wildman–Crippen LogP) is 3.17. The number of aromatic nitrogens is 1. The van der Waals surface area contributed by atoms with Crippen molar-refractivity contribution in [3.8, 4) is 6.07 Å². The molecule has 1 aromatic carbocycles.